The minimum absolute atomic E-state index is 0.223. The van der Waals surface area contributed by atoms with E-state index < -0.39 is 0 Å². The van der Waals surface area contributed by atoms with Gasteiger partial charge in [-0.15, -0.1) is 0 Å². The highest BCUT2D eigenvalue weighted by atomic mass is 14.4. The summed E-state index contributed by atoms with van der Waals surface area (Å²) in [6, 6.07) is 43.4. The van der Waals surface area contributed by atoms with Crippen molar-refractivity contribution in [1.29, 1.82) is 0 Å². The first kappa shape index (κ1) is 18.3. The molecule has 0 aliphatic carbocycles. The van der Waals surface area contributed by atoms with E-state index in [0.29, 0.717) is 0 Å². The third-order valence-electron chi connectivity index (χ3n) is 5.65. The molecule has 4 rings (SSSR count). The fraction of sp³-hybridized carbons (Fsp3) is 0.107. The molecule has 4 aromatic carbocycles. The molecule has 0 aliphatic rings. The average molecular weight is 362 g/mol. The van der Waals surface area contributed by atoms with Crippen LogP contribution < -0.4 is 0 Å². The lowest BCUT2D eigenvalue weighted by Gasteiger charge is -2.39. The maximum atomic E-state index is 2.36. The standard InChI is InChI=1S/C28H25/c1-28(25-18-10-4-11-19-25,26-20-12-5-13-21-26)27(24-16-8-3-9-17-24)22-23-14-6-2-7-15-23/h2-21H,22H2,1H3. The first-order valence-corrected chi connectivity index (χ1v) is 9.85. The minimum atomic E-state index is -0.223. The van der Waals surface area contributed by atoms with Gasteiger partial charge in [0, 0.05) is 11.3 Å². The number of hydrogen-bond acceptors (Lipinski definition) is 0. The summed E-state index contributed by atoms with van der Waals surface area (Å²) in [6.07, 6.45) is 0.908. The van der Waals surface area contributed by atoms with E-state index in [1.165, 1.54) is 28.2 Å². The van der Waals surface area contributed by atoms with Gasteiger partial charge in [0.1, 0.15) is 0 Å². The van der Waals surface area contributed by atoms with E-state index in [9.17, 15) is 0 Å². The van der Waals surface area contributed by atoms with E-state index in [-0.39, 0.29) is 5.41 Å². The normalized spacial score (nSPS) is 11.5. The Morgan fingerprint density at radius 1 is 0.536 bits per heavy atom. The Balaban J connectivity index is 1.91. The molecule has 0 saturated carbocycles. The Morgan fingerprint density at radius 2 is 0.929 bits per heavy atom. The van der Waals surface area contributed by atoms with Gasteiger partial charge in [-0.05, 0) is 28.7 Å². The summed E-state index contributed by atoms with van der Waals surface area (Å²) in [5.74, 6) is 1.41. The molecule has 28 heavy (non-hydrogen) atoms. The zero-order valence-electron chi connectivity index (χ0n) is 16.3. The molecule has 0 atom stereocenters. The van der Waals surface area contributed by atoms with Crippen LogP contribution in [0.15, 0.2) is 121 Å². The minimum Gasteiger partial charge on any atom is -0.0622 e. The molecule has 0 fully saturated rings. The van der Waals surface area contributed by atoms with Gasteiger partial charge in [-0.2, -0.15) is 0 Å². The van der Waals surface area contributed by atoms with Crippen molar-refractivity contribution >= 4 is 0 Å². The summed E-state index contributed by atoms with van der Waals surface area (Å²) >= 11 is 0. The van der Waals surface area contributed by atoms with Crippen molar-refractivity contribution in [3.8, 4) is 0 Å². The van der Waals surface area contributed by atoms with Gasteiger partial charge in [0.15, 0.2) is 0 Å². The molecule has 0 unspecified atom stereocenters. The van der Waals surface area contributed by atoms with E-state index in [2.05, 4.69) is 128 Å². The number of hydrogen-bond donors (Lipinski definition) is 0. The molecule has 1 radical (unpaired) electrons. The Hall–Kier alpha value is -3.12. The Labute approximate surface area is 168 Å². The summed E-state index contributed by atoms with van der Waals surface area (Å²) in [5.41, 5.74) is 5.03. The molecule has 0 bridgehead atoms. The van der Waals surface area contributed by atoms with Crippen LogP contribution in [0.25, 0.3) is 0 Å². The predicted octanol–water partition coefficient (Wildman–Crippen LogP) is 6.86. The molecule has 0 N–H and O–H groups in total. The first-order chi connectivity index (χ1) is 13.8. The van der Waals surface area contributed by atoms with Gasteiger partial charge in [0.2, 0.25) is 0 Å². The van der Waals surface area contributed by atoms with Crippen LogP contribution in [-0.4, -0.2) is 0 Å². The summed E-state index contributed by atoms with van der Waals surface area (Å²) in [5, 5.41) is 0. The lowest BCUT2D eigenvalue weighted by molar-refractivity contribution is 0.583. The van der Waals surface area contributed by atoms with Crippen LogP contribution in [-0.2, 0) is 11.8 Å². The monoisotopic (exact) mass is 361 g/mol. The molecular formula is C28H25. The van der Waals surface area contributed by atoms with Crippen molar-refractivity contribution in [2.24, 2.45) is 0 Å². The quantitative estimate of drug-likeness (QED) is 0.352. The second-order valence-electron chi connectivity index (χ2n) is 7.36. The largest absolute Gasteiger partial charge is 0.0622 e. The SMILES string of the molecule is CC([C](Cc1ccccc1)c1ccccc1)(c1ccccc1)c1ccccc1. The number of rotatable bonds is 6. The second-order valence-corrected chi connectivity index (χ2v) is 7.36. The van der Waals surface area contributed by atoms with Gasteiger partial charge in [-0.1, -0.05) is 128 Å². The van der Waals surface area contributed by atoms with Gasteiger partial charge in [-0.3, -0.25) is 0 Å². The summed E-state index contributed by atoms with van der Waals surface area (Å²) < 4.78 is 0. The van der Waals surface area contributed by atoms with E-state index in [1.807, 2.05) is 0 Å². The maximum absolute atomic E-state index is 2.36. The maximum Gasteiger partial charge on any atom is 0.0283 e. The Bertz CT molecular complexity index is 934. The van der Waals surface area contributed by atoms with Crippen molar-refractivity contribution in [2.75, 3.05) is 0 Å². The van der Waals surface area contributed by atoms with Crippen LogP contribution >= 0.6 is 0 Å². The van der Waals surface area contributed by atoms with E-state index in [0.717, 1.165) is 6.42 Å². The third kappa shape index (κ3) is 3.64. The van der Waals surface area contributed by atoms with E-state index in [1.54, 1.807) is 0 Å². The van der Waals surface area contributed by atoms with Crippen LogP contribution in [0.2, 0.25) is 0 Å². The fourth-order valence-electron chi connectivity index (χ4n) is 4.06. The molecule has 0 aliphatic heterocycles. The zero-order chi connectivity index (χ0) is 19.2. The molecule has 0 spiro atoms. The molecule has 0 amide bonds. The van der Waals surface area contributed by atoms with Crippen molar-refractivity contribution in [3.63, 3.8) is 0 Å². The van der Waals surface area contributed by atoms with Crippen molar-refractivity contribution < 1.29 is 0 Å². The molecule has 0 aromatic heterocycles. The molecular weight excluding hydrogens is 336 g/mol. The van der Waals surface area contributed by atoms with E-state index >= 15 is 0 Å². The smallest absolute Gasteiger partial charge is 0.0283 e. The van der Waals surface area contributed by atoms with Gasteiger partial charge in [-0.25, -0.2) is 0 Å². The third-order valence-corrected chi connectivity index (χ3v) is 5.65. The predicted molar refractivity (Wildman–Crippen MR) is 118 cm³/mol. The van der Waals surface area contributed by atoms with Gasteiger partial charge in [0.25, 0.3) is 0 Å². The molecule has 0 heterocycles. The Kier molecular flexibility index (Phi) is 5.39. The van der Waals surface area contributed by atoms with Crippen molar-refractivity contribution in [3.05, 3.63) is 149 Å². The number of benzene rings is 4. The van der Waals surface area contributed by atoms with Crippen molar-refractivity contribution in [2.45, 2.75) is 18.8 Å². The van der Waals surface area contributed by atoms with Crippen LogP contribution in [0.1, 0.15) is 29.2 Å². The lowest BCUT2D eigenvalue weighted by Crippen LogP contribution is -2.34. The molecule has 0 saturated heterocycles. The van der Waals surface area contributed by atoms with Crippen LogP contribution in [0.4, 0.5) is 0 Å². The lowest BCUT2D eigenvalue weighted by atomic mass is 9.63. The van der Waals surface area contributed by atoms with Crippen LogP contribution in [0.3, 0.4) is 0 Å². The van der Waals surface area contributed by atoms with Crippen molar-refractivity contribution in [1.82, 2.24) is 0 Å². The summed E-state index contributed by atoms with van der Waals surface area (Å²) in [7, 11) is 0. The van der Waals surface area contributed by atoms with Crippen LogP contribution in [0, 0.1) is 5.92 Å². The topological polar surface area (TPSA) is 0 Å². The first-order valence-electron chi connectivity index (χ1n) is 9.85. The van der Waals surface area contributed by atoms with Gasteiger partial charge < -0.3 is 0 Å². The summed E-state index contributed by atoms with van der Waals surface area (Å²) in [4.78, 5) is 0. The molecule has 4 aromatic rings. The highest BCUT2D eigenvalue weighted by Gasteiger charge is 2.39. The average Bonchev–Trinajstić information content (AvgIpc) is 2.79. The Morgan fingerprint density at radius 3 is 1.39 bits per heavy atom. The highest BCUT2D eigenvalue weighted by molar-refractivity contribution is 5.53. The molecule has 0 nitrogen and oxygen atoms in total. The van der Waals surface area contributed by atoms with Gasteiger partial charge in [0.05, 0.1) is 0 Å². The fourth-order valence-corrected chi connectivity index (χ4v) is 4.06. The van der Waals surface area contributed by atoms with Gasteiger partial charge >= 0.3 is 0 Å². The van der Waals surface area contributed by atoms with E-state index in [4.69, 9.17) is 0 Å². The summed E-state index contributed by atoms with van der Waals surface area (Å²) in [6.45, 7) is 2.36. The molecule has 137 valence electrons. The second kappa shape index (κ2) is 8.27. The zero-order valence-corrected chi connectivity index (χ0v) is 16.3. The molecule has 0 heteroatoms. The van der Waals surface area contributed by atoms with Crippen LogP contribution in [0.5, 0.6) is 0 Å². The highest BCUT2D eigenvalue weighted by Crippen LogP contribution is 2.45.